The zero-order chi connectivity index (χ0) is 10.1. The summed E-state index contributed by atoms with van der Waals surface area (Å²) in [5, 5.41) is 0. The van der Waals surface area contributed by atoms with Crippen LogP contribution in [0.4, 0.5) is 0 Å². The van der Waals surface area contributed by atoms with Gasteiger partial charge in [0, 0.05) is 0 Å². The quantitative estimate of drug-likeness (QED) is 0.654. The van der Waals surface area contributed by atoms with Crippen molar-refractivity contribution in [2.45, 2.75) is 56.8 Å². The summed E-state index contributed by atoms with van der Waals surface area (Å²) in [6.45, 7) is 0. The average molecular weight is 200 g/mol. The molecule has 80 valence electrons. The smallest absolute Gasteiger partial charge is 0.0159 e. The van der Waals surface area contributed by atoms with E-state index in [9.17, 15) is 0 Å². The number of benzene rings is 1. The van der Waals surface area contributed by atoms with E-state index >= 15 is 0 Å². The van der Waals surface area contributed by atoms with Crippen LogP contribution in [0.2, 0.25) is 0 Å². The van der Waals surface area contributed by atoms with Crippen LogP contribution in [-0.2, 0) is 0 Å². The van der Waals surface area contributed by atoms with Gasteiger partial charge in [-0.15, -0.1) is 0 Å². The predicted molar refractivity (Wildman–Crippen MR) is 64.2 cm³/mol. The molecular formula is C15H20. The van der Waals surface area contributed by atoms with Crippen molar-refractivity contribution in [2.24, 2.45) is 0 Å². The molecule has 2 aliphatic carbocycles. The molecule has 0 atom stereocenters. The molecule has 2 saturated carbocycles. The zero-order valence-electron chi connectivity index (χ0n) is 9.41. The highest BCUT2D eigenvalue weighted by Crippen LogP contribution is 2.45. The Morgan fingerprint density at radius 2 is 1.20 bits per heavy atom. The van der Waals surface area contributed by atoms with Crippen molar-refractivity contribution in [2.75, 3.05) is 0 Å². The molecule has 0 N–H and O–H groups in total. The van der Waals surface area contributed by atoms with Crippen LogP contribution in [0.15, 0.2) is 24.3 Å². The van der Waals surface area contributed by atoms with E-state index in [0.29, 0.717) is 0 Å². The normalized spacial score (nSPS) is 22.9. The molecular weight excluding hydrogens is 180 g/mol. The monoisotopic (exact) mass is 200 g/mol. The molecule has 0 aromatic heterocycles. The van der Waals surface area contributed by atoms with Crippen molar-refractivity contribution < 1.29 is 0 Å². The Balaban J connectivity index is 1.88. The molecule has 0 radical (unpaired) electrons. The Morgan fingerprint density at radius 1 is 0.667 bits per heavy atom. The van der Waals surface area contributed by atoms with Crippen molar-refractivity contribution in [3.63, 3.8) is 0 Å². The van der Waals surface area contributed by atoms with Gasteiger partial charge in [-0.1, -0.05) is 43.5 Å². The van der Waals surface area contributed by atoms with Crippen molar-refractivity contribution >= 4 is 0 Å². The standard InChI is InChI=1S/C15H20/c1-2-6-12(7-3-1)14-8-4-5-9-15(14)13-10-11-13/h4-5,8-9,12-13H,1-3,6-7,10-11H2. The first-order chi connectivity index (χ1) is 7.45. The first kappa shape index (κ1) is 9.45. The minimum absolute atomic E-state index is 0.885. The molecule has 0 bridgehead atoms. The summed E-state index contributed by atoms with van der Waals surface area (Å²) >= 11 is 0. The molecule has 2 aliphatic rings. The summed E-state index contributed by atoms with van der Waals surface area (Å²) in [7, 11) is 0. The lowest BCUT2D eigenvalue weighted by atomic mass is 9.81. The molecule has 0 unspecified atom stereocenters. The lowest BCUT2D eigenvalue weighted by Crippen LogP contribution is -2.06. The van der Waals surface area contributed by atoms with Gasteiger partial charge in [0.2, 0.25) is 0 Å². The van der Waals surface area contributed by atoms with Gasteiger partial charge in [0.15, 0.2) is 0 Å². The molecule has 15 heavy (non-hydrogen) atoms. The molecule has 2 fully saturated rings. The van der Waals surface area contributed by atoms with Crippen LogP contribution in [-0.4, -0.2) is 0 Å². The predicted octanol–water partition coefficient (Wildman–Crippen LogP) is 4.61. The van der Waals surface area contributed by atoms with Crippen LogP contribution in [0.5, 0.6) is 0 Å². The van der Waals surface area contributed by atoms with Gasteiger partial charge in [0.05, 0.1) is 0 Å². The lowest BCUT2D eigenvalue weighted by molar-refractivity contribution is 0.441. The van der Waals surface area contributed by atoms with Crippen LogP contribution >= 0.6 is 0 Å². The van der Waals surface area contributed by atoms with Crippen LogP contribution in [0, 0.1) is 0 Å². The first-order valence-electron chi connectivity index (χ1n) is 6.54. The molecule has 0 heterocycles. The Hall–Kier alpha value is -0.780. The van der Waals surface area contributed by atoms with Crippen LogP contribution in [0.25, 0.3) is 0 Å². The number of rotatable bonds is 2. The van der Waals surface area contributed by atoms with E-state index in [0.717, 1.165) is 11.8 Å². The molecule has 0 spiro atoms. The van der Waals surface area contributed by atoms with Crippen molar-refractivity contribution in [3.05, 3.63) is 35.4 Å². The third-order valence-electron chi connectivity index (χ3n) is 4.06. The Morgan fingerprint density at radius 3 is 1.73 bits per heavy atom. The van der Waals surface area contributed by atoms with Gasteiger partial charge in [-0.05, 0) is 48.6 Å². The summed E-state index contributed by atoms with van der Waals surface area (Å²) in [6.07, 6.45) is 10.1. The number of hydrogen-bond donors (Lipinski definition) is 0. The van der Waals surface area contributed by atoms with Gasteiger partial charge in [-0.3, -0.25) is 0 Å². The second kappa shape index (κ2) is 4.00. The van der Waals surface area contributed by atoms with Gasteiger partial charge in [0.1, 0.15) is 0 Å². The highest BCUT2D eigenvalue weighted by atomic mass is 14.3. The fourth-order valence-electron chi connectivity index (χ4n) is 3.06. The maximum Gasteiger partial charge on any atom is -0.0159 e. The summed E-state index contributed by atoms with van der Waals surface area (Å²) < 4.78 is 0. The van der Waals surface area contributed by atoms with Gasteiger partial charge in [0.25, 0.3) is 0 Å². The maximum atomic E-state index is 2.39. The SMILES string of the molecule is c1ccc(C2CC2)c(C2CCCCC2)c1. The minimum atomic E-state index is 0.885. The van der Waals surface area contributed by atoms with Crippen molar-refractivity contribution in [3.8, 4) is 0 Å². The van der Waals surface area contributed by atoms with E-state index < -0.39 is 0 Å². The summed E-state index contributed by atoms with van der Waals surface area (Å²) in [5.74, 6) is 1.80. The van der Waals surface area contributed by atoms with Crippen LogP contribution in [0.3, 0.4) is 0 Å². The minimum Gasteiger partial charge on any atom is -0.0620 e. The molecule has 1 aromatic rings. The molecule has 0 saturated heterocycles. The zero-order valence-corrected chi connectivity index (χ0v) is 9.41. The lowest BCUT2D eigenvalue weighted by Gasteiger charge is -2.24. The number of hydrogen-bond acceptors (Lipinski definition) is 0. The van der Waals surface area contributed by atoms with E-state index in [2.05, 4.69) is 24.3 Å². The van der Waals surface area contributed by atoms with Gasteiger partial charge < -0.3 is 0 Å². The first-order valence-corrected chi connectivity index (χ1v) is 6.54. The van der Waals surface area contributed by atoms with Gasteiger partial charge in [-0.25, -0.2) is 0 Å². The van der Waals surface area contributed by atoms with Crippen LogP contribution < -0.4 is 0 Å². The Labute approximate surface area is 92.7 Å². The topological polar surface area (TPSA) is 0 Å². The third-order valence-corrected chi connectivity index (χ3v) is 4.06. The summed E-state index contributed by atoms with van der Waals surface area (Å²) in [6, 6.07) is 9.22. The average Bonchev–Trinajstić information content (AvgIpc) is 3.14. The van der Waals surface area contributed by atoms with Crippen molar-refractivity contribution in [1.29, 1.82) is 0 Å². The van der Waals surface area contributed by atoms with Crippen molar-refractivity contribution in [1.82, 2.24) is 0 Å². The van der Waals surface area contributed by atoms with Gasteiger partial charge >= 0.3 is 0 Å². The highest BCUT2D eigenvalue weighted by Gasteiger charge is 2.28. The second-order valence-electron chi connectivity index (χ2n) is 5.24. The summed E-state index contributed by atoms with van der Waals surface area (Å²) in [4.78, 5) is 0. The summed E-state index contributed by atoms with van der Waals surface area (Å²) in [5.41, 5.74) is 3.38. The molecule has 0 amide bonds. The largest absolute Gasteiger partial charge is 0.0620 e. The fraction of sp³-hybridized carbons (Fsp3) is 0.600. The molecule has 1 aromatic carbocycles. The third kappa shape index (κ3) is 1.95. The van der Waals surface area contributed by atoms with E-state index in [1.54, 1.807) is 11.1 Å². The maximum absolute atomic E-state index is 2.39. The molecule has 3 rings (SSSR count). The van der Waals surface area contributed by atoms with Gasteiger partial charge in [-0.2, -0.15) is 0 Å². The highest BCUT2D eigenvalue weighted by molar-refractivity contribution is 5.36. The second-order valence-corrected chi connectivity index (χ2v) is 5.24. The molecule has 0 nitrogen and oxygen atoms in total. The van der Waals surface area contributed by atoms with E-state index in [-0.39, 0.29) is 0 Å². The Bertz CT molecular complexity index is 330. The molecule has 0 aliphatic heterocycles. The Kier molecular flexibility index (Phi) is 2.52. The van der Waals surface area contributed by atoms with E-state index in [1.165, 1.54) is 44.9 Å². The van der Waals surface area contributed by atoms with E-state index in [4.69, 9.17) is 0 Å². The fourth-order valence-corrected chi connectivity index (χ4v) is 3.06. The molecule has 0 heteroatoms. The van der Waals surface area contributed by atoms with E-state index in [1.807, 2.05) is 0 Å². The van der Waals surface area contributed by atoms with Crippen LogP contribution in [0.1, 0.15) is 67.9 Å².